The maximum atomic E-state index is 8.88. The summed E-state index contributed by atoms with van der Waals surface area (Å²) in [5.41, 5.74) is 1.19. The van der Waals surface area contributed by atoms with Crippen LogP contribution < -0.4 is 4.74 Å². The molecule has 0 heterocycles. The lowest BCUT2D eigenvalue weighted by Gasteiger charge is -2.05. The van der Waals surface area contributed by atoms with Crippen LogP contribution in [0.3, 0.4) is 0 Å². The van der Waals surface area contributed by atoms with Gasteiger partial charge in [0.2, 0.25) is 0 Å². The molecule has 29 heavy (non-hydrogen) atoms. The Bertz CT molecular complexity index is 685. The fourth-order valence-corrected chi connectivity index (χ4v) is 1.26. The monoisotopic (exact) mass is 478 g/mol. The van der Waals surface area contributed by atoms with Crippen LogP contribution in [0.1, 0.15) is 5.56 Å². The molecule has 2 aromatic rings. The van der Waals surface area contributed by atoms with Crippen LogP contribution in [0.25, 0.3) is 0 Å². The first kappa shape index (κ1) is 29.8. The van der Waals surface area contributed by atoms with Crippen LogP contribution in [-0.2, 0) is 20.3 Å². The van der Waals surface area contributed by atoms with E-state index in [9.17, 15) is 0 Å². The van der Waals surface area contributed by atoms with Crippen molar-refractivity contribution in [2.75, 3.05) is 0 Å². The molecule has 0 saturated carbocycles. The quantitative estimate of drug-likeness (QED) is 0.273. The molecule has 2 aromatic carbocycles. The van der Waals surface area contributed by atoms with Crippen molar-refractivity contribution in [3.05, 3.63) is 66.2 Å². The highest BCUT2D eigenvalue weighted by Crippen LogP contribution is 2.26. The van der Waals surface area contributed by atoms with Gasteiger partial charge in [0, 0.05) is 0 Å². The summed E-state index contributed by atoms with van der Waals surface area (Å²) in [6.07, 6.45) is 0. The van der Waals surface area contributed by atoms with Crippen molar-refractivity contribution in [3.8, 4) is 5.75 Å². The standard InChI is InChI=1S/C13H12O.3H3O4P/c1-3-7-12(8-4-1)11-14-13-9-5-2-6-10-13;3*1-5(2,3)4/h1-10H,11H2;3*(H3,1,2,3,4). The Labute approximate surface area is 165 Å². The van der Waals surface area contributed by atoms with Gasteiger partial charge in [-0.3, -0.25) is 0 Å². The molecule has 2 rings (SSSR count). The third kappa shape index (κ3) is 41.9. The highest BCUT2D eigenvalue weighted by atomic mass is 31.2. The minimum absolute atomic E-state index is 0.630. The topological polar surface area (TPSA) is 243 Å². The Hall–Kier alpha value is -1.43. The maximum Gasteiger partial charge on any atom is 0.466 e. The van der Waals surface area contributed by atoms with Crippen LogP contribution in [0.2, 0.25) is 0 Å². The van der Waals surface area contributed by atoms with E-state index in [1.165, 1.54) is 5.56 Å². The zero-order valence-corrected chi connectivity index (χ0v) is 17.2. The lowest BCUT2D eigenvalue weighted by Crippen LogP contribution is -1.94. The molecule has 0 spiro atoms. The molecule has 0 aromatic heterocycles. The van der Waals surface area contributed by atoms with E-state index < -0.39 is 23.5 Å². The van der Waals surface area contributed by atoms with Gasteiger partial charge >= 0.3 is 23.5 Å². The molecule has 0 amide bonds. The normalized spacial score (nSPS) is 10.8. The van der Waals surface area contributed by atoms with Crippen molar-refractivity contribution in [2.45, 2.75) is 6.61 Å². The number of para-hydroxylation sites is 1. The largest absolute Gasteiger partial charge is 0.489 e. The lowest BCUT2D eigenvalue weighted by atomic mass is 10.2. The Morgan fingerprint density at radius 2 is 0.828 bits per heavy atom. The first-order valence-corrected chi connectivity index (χ1v) is 11.7. The molecule has 0 unspecified atom stereocenters. The van der Waals surface area contributed by atoms with E-state index >= 15 is 0 Å². The summed E-state index contributed by atoms with van der Waals surface area (Å²) < 4.78 is 32.2. The lowest BCUT2D eigenvalue weighted by molar-refractivity contribution is 0.272. The number of hydrogen-bond donors (Lipinski definition) is 9. The average Bonchev–Trinajstić information content (AvgIpc) is 2.50. The van der Waals surface area contributed by atoms with Crippen molar-refractivity contribution in [1.82, 2.24) is 0 Å². The first-order chi connectivity index (χ1) is 12.9. The van der Waals surface area contributed by atoms with Crippen LogP contribution >= 0.6 is 23.5 Å². The van der Waals surface area contributed by atoms with Gasteiger partial charge in [-0.15, -0.1) is 0 Å². The van der Waals surface area contributed by atoms with Crippen molar-refractivity contribution in [2.24, 2.45) is 0 Å². The van der Waals surface area contributed by atoms with Gasteiger partial charge in [-0.2, -0.15) is 0 Å². The van der Waals surface area contributed by atoms with E-state index in [0.717, 1.165) is 5.75 Å². The fraction of sp³-hybridized carbons (Fsp3) is 0.0769. The summed E-state index contributed by atoms with van der Waals surface area (Å²) in [5, 5.41) is 0. The van der Waals surface area contributed by atoms with Gasteiger partial charge < -0.3 is 48.8 Å². The summed E-state index contributed by atoms with van der Waals surface area (Å²) in [5.74, 6) is 0.913. The van der Waals surface area contributed by atoms with Gasteiger partial charge in [-0.25, -0.2) is 13.7 Å². The predicted molar refractivity (Wildman–Crippen MR) is 100 cm³/mol. The number of benzene rings is 2. The number of phosphoric acid groups is 3. The number of hydrogen-bond acceptors (Lipinski definition) is 4. The molecule has 13 nitrogen and oxygen atoms in total. The Morgan fingerprint density at radius 3 is 1.14 bits per heavy atom. The van der Waals surface area contributed by atoms with E-state index in [2.05, 4.69) is 12.1 Å². The summed E-state index contributed by atoms with van der Waals surface area (Å²) in [6.45, 7) is 0.630. The number of ether oxygens (including phenoxy) is 1. The summed E-state index contributed by atoms with van der Waals surface area (Å²) >= 11 is 0. The van der Waals surface area contributed by atoms with E-state index in [0.29, 0.717) is 6.61 Å². The van der Waals surface area contributed by atoms with E-state index in [1.807, 2.05) is 48.5 Å². The Morgan fingerprint density at radius 1 is 0.552 bits per heavy atom. The molecule has 0 saturated heterocycles. The van der Waals surface area contributed by atoms with Crippen molar-refractivity contribution in [1.29, 1.82) is 0 Å². The van der Waals surface area contributed by atoms with E-state index in [-0.39, 0.29) is 0 Å². The molecule has 0 bridgehead atoms. The van der Waals surface area contributed by atoms with E-state index in [4.69, 9.17) is 62.5 Å². The summed E-state index contributed by atoms with van der Waals surface area (Å²) in [7, 11) is -13.9. The molecule has 9 N–H and O–H groups in total. The molecule has 0 radical (unpaired) electrons. The molecule has 0 aliphatic rings. The Balaban J connectivity index is 0. The highest BCUT2D eigenvalue weighted by molar-refractivity contribution is 7.45. The van der Waals surface area contributed by atoms with Gasteiger partial charge in [0.15, 0.2) is 0 Å². The molecular weight excluding hydrogens is 457 g/mol. The van der Waals surface area contributed by atoms with E-state index in [1.54, 1.807) is 0 Å². The van der Waals surface area contributed by atoms with Crippen molar-refractivity contribution >= 4 is 23.5 Å². The smallest absolute Gasteiger partial charge is 0.466 e. The zero-order valence-electron chi connectivity index (χ0n) is 14.5. The second-order valence-corrected chi connectivity index (χ2v) is 7.71. The minimum atomic E-state index is -4.64. The zero-order chi connectivity index (χ0) is 23.1. The van der Waals surface area contributed by atoms with Crippen LogP contribution in [0, 0.1) is 0 Å². The molecule has 0 atom stereocenters. The van der Waals surface area contributed by atoms with Crippen LogP contribution in [0.4, 0.5) is 0 Å². The highest BCUT2D eigenvalue weighted by Gasteiger charge is 2.01. The average molecular weight is 478 g/mol. The predicted octanol–water partition coefficient (Wildman–Crippen LogP) is 0.480. The van der Waals surface area contributed by atoms with Gasteiger partial charge in [0.25, 0.3) is 0 Å². The van der Waals surface area contributed by atoms with Gasteiger partial charge in [0.1, 0.15) is 12.4 Å². The van der Waals surface area contributed by atoms with Gasteiger partial charge in [-0.1, -0.05) is 48.5 Å². The first-order valence-electron chi connectivity index (χ1n) is 7.02. The van der Waals surface area contributed by atoms with Crippen molar-refractivity contribution < 1.29 is 62.5 Å². The van der Waals surface area contributed by atoms with Crippen molar-refractivity contribution in [3.63, 3.8) is 0 Å². The maximum absolute atomic E-state index is 8.88. The second kappa shape index (κ2) is 14.5. The van der Waals surface area contributed by atoms with Crippen LogP contribution in [0.5, 0.6) is 5.75 Å². The summed E-state index contributed by atoms with van der Waals surface area (Å²) in [6, 6.07) is 20.0. The molecular formula is C13H21O13P3. The minimum Gasteiger partial charge on any atom is -0.489 e. The fourth-order valence-electron chi connectivity index (χ4n) is 1.26. The van der Waals surface area contributed by atoms with Gasteiger partial charge in [0.05, 0.1) is 0 Å². The SMILES string of the molecule is O=P(O)(O)O.O=P(O)(O)O.O=P(O)(O)O.c1ccc(COc2ccccc2)cc1. The summed E-state index contributed by atoms with van der Waals surface area (Å²) in [4.78, 5) is 64.7. The third-order valence-corrected chi connectivity index (χ3v) is 1.99. The molecule has 16 heteroatoms. The molecule has 166 valence electrons. The number of rotatable bonds is 3. The Kier molecular flexibility index (Phi) is 14.9. The second-order valence-electron chi connectivity index (χ2n) is 4.63. The third-order valence-electron chi connectivity index (χ3n) is 1.99. The molecule has 0 aliphatic carbocycles. The molecule has 0 fully saturated rings. The van der Waals surface area contributed by atoms with Crippen LogP contribution in [0.15, 0.2) is 60.7 Å². The van der Waals surface area contributed by atoms with Crippen LogP contribution in [-0.4, -0.2) is 44.0 Å². The van der Waals surface area contributed by atoms with Gasteiger partial charge in [-0.05, 0) is 17.7 Å². The molecule has 0 aliphatic heterocycles.